The maximum absolute atomic E-state index is 4.67. The van der Waals surface area contributed by atoms with E-state index in [-0.39, 0.29) is 5.54 Å². The molecule has 130 valence electrons. The van der Waals surface area contributed by atoms with Gasteiger partial charge in [-0.05, 0) is 53.6 Å². The number of aromatic nitrogens is 1. The molecule has 2 N–H and O–H groups in total. The van der Waals surface area contributed by atoms with Gasteiger partial charge >= 0.3 is 0 Å². The Morgan fingerprint density at radius 2 is 2.04 bits per heavy atom. The molecule has 2 heterocycles. The summed E-state index contributed by atoms with van der Waals surface area (Å²) in [7, 11) is 0. The van der Waals surface area contributed by atoms with Crippen molar-refractivity contribution >= 4 is 17.3 Å². The quantitative estimate of drug-likeness (QED) is 0.619. The number of aliphatic imine (C=N–C) groups is 1. The first-order chi connectivity index (χ1) is 11.0. The maximum Gasteiger partial charge on any atom is 0.191 e. The van der Waals surface area contributed by atoms with Crippen molar-refractivity contribution in [2.45, 2.75) is 59.0 Å². The molecule has 1 aliphatic heterocycles. The lowest BCUT2D eigenvalue weighted by Gasteiger charge is -2.41. The van der Waals surface area contributed by atoms with E-state index in [2.05, 4.69) is 53.2 Å². The average molecular weight is 338 g/mol. The van der Waals surface area contributed by atoms with Crippen molar-refractivity contribution in [2.24, 2.45) is 4.99 Å². The highest BCUT2D eigenvalue weighted by molar-refractivity contribution is 7.11. The van der Waals surface area contributed by atoms with Crippen LogP contribution < -0.4 is 10.6 Å². The number of aryl methyl sites for hydroxylation is 1. The minimum atomic E-state index is 0.147. The molecule has 0 amide bonds. The van der Waals surface area contributed by atoms with Crippen LogP contribution in [0.25, 0.3) is 0 Å². The molecule has 1 aliphatic rings. The first-order valence-corrected chi connectivity index (χ1v) is 9.51. The first kappa shape index (κ1) is 18.2. The third-order valence-corrected chi connectivity index (χ3v) is 5.18. The Bertz CT molecular complexity index is 503. The summed E-state index contributed by atoms with van der Waals surface area (Å²) in [6.45, 7) is 13.6. The minimum absolute atomic E-state index is 0.147. The number of rotatable bonds is 6. The van der Waals surface area contributed by atoms with Gasteiger partial charge in [0.25, 0.3) is 0 Å². The van der Waals surface area contributed by atoms with Gasteiger partial charge in [0.15, 0.2) is 5.96 Å². The van der Waals surface area contributed by atoms with Crippen LogP contribution in [0.15, 0.2) is 11.2 Å². The predicted molar refractivity (Wildman–Crippen MR) is 99.2 cm³/mol. The fourth-order valence-corrected chi connectivity index (χ4v) is 3.59. The molecular formula is C17H31N5S. The van der Waals surface area contributed by atoms with E-state index in [1.807, 2.05) is 6.20 Å². The van der Waals surface area contributed by atoms with Gasteiger partial charge in [0, 0.05) is 29.7 Å². The van der Waals surface area contributed by atoms with E-state index < -0.39 is 0 Å². The first-order valence-electron chi connectivity index (χ1n) is 8.70. The fraction of sp³-hybridized carbons (Fsp3) is 0.765. The number of guanidine groups is 1. The largest absolute Gasteiger partial charge is 0.357 e. The molecule has 1 saturated heterocycles. The molecule has 1 fully saturated rings. The number of piperidine rings is 1. The lowest BCUT2D eigenvalue weighted by atomic mass is 9.98. The van der Waals surface area contributed by atoms with Crippen molar-refractivity contribution in [3.8, 4) is 0 Å². The van der Waals surface area contributed by atoms with Crippen molar-refractivity contribution in [3.05, 3.63) is 16.1 Å². The minimum Gasteiger partial charge on any atom is -0.357 e. The highest BCUT2D eigenvalue weighted by Gasteiger charge is 2.27. The van der Waals surface area contributed by atoms with Crippen LogP contribution in [-0.2, 0) is 6.54 Å². The zero-order valence-electron chi connectivity index (χ0n) is 15.0. The van der Waals surface area contributed by atoms with Gasteiger partial charge in [-0.2, -0.15) is 0 Å². The molecule has 0 aromatic carbocycles. The summed E-state index contributed by atoms with van der Waals surface area (Å²) in [5.74, 6) is 0.880. The molecule has 0 atom stereocenters. The molecule has 5 nitrogen and oxygen atoms in total. The van der Waals surface area contributed by atoms with Crippen LogP contribution in [0.2, 0.25) is 0 Å². The third kappa shape index (κ3) is 5.77. The molecule has 1 aromatic rings. The van der Waals surface area contributed by atoms with Crippen molar-refractivity contribution in [1.82, 2.24) is 20.5 Å². The summed E-state index contributed by atoms with van der Waals surface area (Å²) < 4.78 is 0. The van der Waals surface area contributed by atoms with E-state index in [1.165, 1.54) is 37.2 Å². The topological polar surface area (TPSA) is 52.6 Å². The Morgan fingerprint density at radius 1 is 1.30 bits per heavy atom. The van der Waals surface area contributed by atoms with Crippen LogP contribution >= 0.6 is 11.3 Å². The summed E-state index contributed by atoms with van der Waals surface area (Å²) in [5, 5.41) is 7.91. The van der Waals surface area contributed by atoms with Crippen LogP contribution in [0.4, 0.5) is 0 Å². The van der Waals surface area contributed by atoms with Gasteiger partial charge in [-0.15, -0.1) is 11.3 Å². The van der Waals surface area contributed by atoms with Gasteiger partial charge in [-0.3, -0.25) is 4.90 Å². The molecular weight excluding hydrogens is 306 g/mol. The molecule has 0 saturated carbocycles. The molecule has 1 aromatic heterocycles. The monoisotopic (exact) mass is 337 g/mol. The van der Waals surface area contributed by atoms with Crippen LogP contribution in [0, 0.1) is 6.92 Å². The average Bonchev–Trinajstić information content (AvgIpc) is 2.96. The maximum atomic E-state index is 4.67. The Kier molecular flexibility index (Phi) is 6.84. The SMILES string of the molecule is CCNC(=NCc1ncc(C)s1)NCC(C)(C)N1CCCCC1. The highest BCUT2D eigenvalue weighted by Crippen LogP contribution is 2.19. The smallest absolute Gasteiger partial charge is 0.191 e. The van der Waals surface area contributed by atoms with Crippen LogP contribution in [0.3, 0.4) is 0 Å². The summed E-state index contributed by atoms with van der Waals surface area (Å²) >= 11 is 1.71. The zero-order valence-corrected chi connectivity index (χ0v) is 15.8. The number of thiazole rings is 1. The molecule has 23 heavy (non-hydrogen) atoms. The van der Waals surface area contributed by atoms with Gasteiger partial charge in [0.2, 0.25) is 0 Å². The molecule has 0 bridgehead atoms. The summed E-state index contributed by atoms with van der Waals surface area (Å²) in [4.78, 5) is 12.9. The summed E-state index contributed by atoms with van der Waals surface area (Å²) in [6.07, 6.45) is 5.93. The van der Waals surface area contributed by atoms with Gasteiger partial charge in [0.05, 0.1) is 6.54 Å². The fourth-order valence-electron chi connectivity index (χ4n) is 2.87. The lowest BCUT2D eigenvalue weighted by molar-refractivity contribution is 0.0982. The lowest BCUT2D eigenvalue weighted by Crippen LogP contribution is -2.54. The molecule has 0 unspecified atom stereocenters. The molecule has 6 heteroatoms. The molecule has 2 rings (SSSR count). The molecule has 0 aliphatic carbocycles. The summed E-state index contributed by atoms with van der Waals surface area (Å²) in [5.41, 5.74) is 0.147. The van der Waals surface area contributed by atoms with Crippen LogP contribution in [0.5, 0.6) is 0 Å². The molecule has 0 radical (unpaired) electrons. The van der Waals surface area contributed by atoms with E-state index in [9.17, 15) is 0 Å². The van der Waals surface area contributed by atoms with Gasteiger partial charge in [-0.1, -0.05) is 6.42 Å². The van der Waals surface area contributed by atoms with E-state index in [4.69, 9.17) is 0 Å². The Labute approximate surface area is 144 Å². The van der Waals surface area contributed by atoms with Gasteiger partial charge in [-0.25, -0.2) is 9.98 Å². The van der Waals surface area contributed by atoms with Gasteiger partial charge < -0.3 is 10.6 Å². The number of nitrogens with one attached hydrogen (secondary N) is 2. The normalized spacial score (nSPS) is 17.3. The van der Waals surface area contributed by atoms with E-state index >= 15 is 0 Å². The van der Waals surface area contributed by atoms with Crippen molar-refractivity contribution in [2.75, 3.05) is 26.2 Å². The van der Waals surface area contributed by atoms with Crippen molar-refractivity contribution in [3.63, 3.8) is 0 Å². The van der Waals surface area contributed by atoms with Crippen LogP contribution in [0.1, 0.15) is 49.9 Å². The third-order valence-electron chi connectivity index (χ3n) is 4.29. The van der Waals surface area contributed by atoms with E-state index in [1.54, 1.807) is 11.3 Å². The second kappa shape index (κ2) is 8.64. The van der Waals surface area contributed by atoms with Crippen LogP contribution in [-0.4, -0.2) is 47.6 Å². The zero-order chi connectivity index (χ0) is 16.7. The van der Waals surface area contributed by atoms with Crippen molar-refractivity contribution < 1.29 is 0 Å². The predicted octanol–water partition coefficient (Wildman–Crippen LogP) is 2.77. The second-order valence-corrected chi connectivity index (χ2v) is 8.09. The van der Waals surface area contributed by atoms with Crippen molar-refractivity contribution in [1.29, 1.82) is 0 Å². The molecule has 0 spiro atoms. The van der Waals surface area contributed by atoms with Gasteiger partial charge in [0.1, 0.15) is 5.01 Å². The van der Waals surface area contributed by atoms with E-state index in [0.717, 1.165) is 24.1 Å². The number of nitrogens with zero attached hydrogens (tertiary/aromatic N) is 3. The second-order valence-electron chi connectivity index (χ2n) is 6.77. The summed E-state index contributed by atoms with van der Waals surface area (Å²) in [6, 6.07) is 0. The number of likely N-dealkylation sites (tertiary alicyclic amines) is 1. The Balaban J connectivity index is 1.90. The Morgan fingerprint density at radius 3 is 2.65 bits per heavy atom. The number of hydrogen-bond donors (Lipinski definition) is 2. The Hall–Kier alpha value is -1.14. The van der Waals surface area contributed by atoms with E-state index in [0.29, 0.717) is 6.54 Å². The number of hydrogen-bond acceptors (Lipinski definition) is 4. The highest BCUT2D eigenvalue weighted by atomic mass is 32.1. The standard InChI is InChI=1S/C17H31N5S/c1-5-18-16(20-12-15-19-11-14(2)23-15)21-13-17(3,4)22-9-7-6-8-10-22/h11H,5-10,12-13H2,1-4H3,(H2,18,20,21).